The highest BCUT2D eigenvalue weighted by Crippen LogP contribution is 2.09. The number of hydrogen-bond acceptors (Lipinski definition) is 3. The van der Waals surface area contributed by atoms with Crippen LogP contribution in [0.4, 0.5) is 0 Å². The second-order valence-corrected chi connectivity index (χ2v) is 4.58. The molecule has 0 aromatic heterocycles. The number of amides is 1. The Kier molecular flexibility index (Phi) is 7.34. The Morgan fingerprint density at radius 1 is 1.35 bits per heavy atom. The van der Waals surface area contributed by atoms with Gasteiger partial charge in [0.15, 0.2) is 5.84 Å². The maximum Gasteiger partial charge on any atom is 0.233 e. The zero-order valence-corrected chi connectivity index (χ0v) is 11.3. The number of hydrogen-bond donors (Lipinski definition) is 2. The predicted octanol–water partition coefficient (Wildman–Crippen LogP) is 1.80. The predicted molar refractivity (Wildman–Crippen MR) is 68.9 cm³/mol. The van der Waals surface area contributed by atoms with Crippen molar-refractivity contribution in [2.45, 2.75) is 53.0 Å². The summed E-state index contributed by atoms with van der Waals surface area (Å²) in [4.78, 5) is 13.9. The lowest BCUT2D eigenvalue weighted by molar-refractivity contribution is -0.134. The summed E-state index contributed by atoms with van der Waals surface area (Å²) >= 11 is 0. The van der Waals surface area contributed by atoms with Gasteiger partial charge in [0.25, 0.3) is 0 Å². The number of unbranched alkanes of at least 4 members (excludes halogenated alkanes) is 2. The van der Waals surface area contributed by atoms with Crippen molar-refractivity contribution in [2.75, 3.05) is 6.54 Å². The highest BCUT2D eigenvalue weighted by molar-refractivity contribution is 6.01. The fourth-order valence-electron chi connectivity index (χ4n) is 1.62. The monoisotopic (exact) mass is 243 g/mol. The minimum absolute atomic E-state index is 0.0314. The lowest BCUT2D eigenvalue weighted by atomic mass is 10.1. The molecule has 0 saturated carbocycles. The molecule has 0 fully saturated rings. The largest absolute Gasteiger partial charge is 0.409 e. The van der Waals surface area contributed by atoms with Gasteiger partial charge in [-0.25, -0.2) is 0 Å². The van der Waals surface area contributed by atoms with E-state index in [2.05, 4.69) is 12.1 Å². The van der Waals surface area contributed by atoms with Crippen LogP contribution in [0.3, 0.4) is 0 Å². The van der Waals surface area contributed by atoms with Crippen molar-refractivity contribution in [3.8, 4) is 0 Å². The number of carbonyl (C=O) groups excluding carboxylic acids is 1. The minimum atomic E-state index is -0.566. The molecule has 0 aromatic rings. The standard InChI is InChI=1S/C12H25N3O2/c1-5-6-7-8-15(9(2)3)12(16)10(4)11(13)14-17/h9-10,17H,5-8H2,1-4H3,(H2,13,14). The Morgan fingerprint density at radius 3 is 2.35 bits per heavy atom. The molecule has 5 heteroatoms. The summed E-state index contributed by atoms with van der Waals surface area (Å²) in [5.74, 6) is -0.674. The normalized spacial score (nSPS) is 13.8. The van der Waals surface area contributed by atoms with Crippen molar-refractivity contribution in [3.63, 3.8) is 0 Å². The fourth-order valence-corrected chi connectivity index (χ4v) is 1.62. The van der Waals surface area contributed by atoms with Crippen LogP contribution < -0.4 is 5.73 Å². The molecule has 0 aliphatic rings. The molecular formula is C12H25N3O2. The third-order valence-corrected chi connectivity index (χ3v) is 2.84. The first-order chi connectivity index (χ1) is 7.95. The highest BCUT2D eigenvalue weighted by atomic mass is 16.4. The zero-order chi connectivity index (χ0) is 13.4. The van der Waals surface area contributed by atoms with Crippen LogP contribution in [0.15, 0.2) is 5.16 Å². The quantitative estimate of drug-likeness (QED) is 0.235. The molecule has 0 aliphatic heterocycles. The van der Waals surface area contributed by atoms with E-state index >= 15 is 0 Å². The molecule has 0 bridgehead atoms. The third kappa shape index (κ3) is 5.06. The molecule has 0 saturated heterocycles. The maximum absolute atomic E-state index is 12.1. The average molecular weight is 243 g/mol. The van der Waals surface area contributed by atoms with Crippen LogP contribution in [0.5, 0.6) is 0 Å². The Balaban J connectivity index is 4.54. The number of nitrogens with two attached hydrogens (primary N) is 1. The summed E-state index contributed by atoms with van der Waals surface area (Å²) in [5, 5.41) is 11.5. The van der Waals surface area contributed by atoms with Gasteiger partial charge in [-0.2, -0.15) is 0 Å². The average Bonchev–Trinajstić information content (AvgIpc) is 2.31. The smallest absolute Gasteiger partial charge is 0.233 e. The zero-order valence-electron chi connectivity index (χ0n) is 11.3. The van der Waals surface area contributed by atoms with Crippen LogP contribution >= 0.6 is 0 Å². The minimum Gasteiger partial charge on any atom is -0.409 e. The van der Waals surface area contributed by atoms with Gasteiger partial charge in [0.2, 0.25) is 5.91 Å². The highest BCUT2D eigenvalue weighted by Gasteiger charge is 2.25. The summed E-state index contributed by atoms with van der Waals surface area (Å²) in [6.07, 6.45) is 3.22. The molecule has 0 aliphatic carbocycles. The molecule has 17 heavy (non-hydrogen) atoms. The van der Waals surface area contributed by atoms with Crippen LogP contribution in [0.2, 0.25) is 0 Å². The molecule has 5 nitrogen and oxygen atoms in total. The molecule has 0 radical (unpaired) electrons. The first kappa shape index (κ1) is 15.7. The van der Waals surface area contributed by atoms with E-state index in [1.54, 1.807) is 11.8 Å². The van der Waals surface area contributed by atoms with Crippen LogP contribution in [-0.4, -0.2) is 34.4 Å². The molecule has 0 rings (SSSR count). The summed E-state index contributed by atoms with van der Waals surface area (Å²) in [5.41, 5.74) is 5.46. The number of rotatable bonds is 7. The Bertz CT molecular complexity index is 264. The molecule has 0 heterocycles. The van der Waals surface area contributed by atoms with Crippen LogP contribution in [-0.2, 0) is 4.79 Å². The van der Waals surface area contributed by atoms with Gasteiger partial charge >= 0.3 is 0 Å². The van der Waals surface area contributed by atoms with E-state index in [0.717, 1.165) is 25.8 Å². The Labute approximate surface area is 104 Å². The van der Waals surface area contributed by atoms with Gasteiger partial charge in [-0.05, 0) is 27.2 Å². The molecule has 100 valence electrons. The van der Waals surface area contributed by atoms with Crippen molar-refractivity contribution >= 4 is 11.7 Å². The number of amidine groups is 1. The van der Waals surface area contributed by atoms with E-state index in [4.69, 9.17) is 10.9 Å². The SMILES string of the molecule is CCCCCN(C(=O)C(C)C(N)=NO)C(C)C. The van der Waals surface area contributed by atoms with E-state index in [1.165, 1.54) is 0 Å². The van der Waals surface area contributed by atoms with Crippen LogP contribution in [0, 0.1) is 5.92 Å². The molecule has 0 spiro atoms. The van der Waals surface area contributed by atoms with Gasteiger partial charge in [0.05, 0.1) is 5.92 Å². The van der Waals surface area contributed by atoms with Gasteiger partial charge in [-0.3, -0.25) is 4.79 Å². The van der Waals surface area contributed by atoms with E-state index < -0.39 is 5.92 Å². The lowest BCUT2D eigenvalue weighted by Crippen LogP contribution is -2.44. The molecule has 3 N–H and O–H groups in total. The second kappa shape index (κ2) is 7.92. The topological polar surface area (TPSA) is 78.9 Å². The van der Waals surface area contributed by atoms with Crippen molar-refractivity contribution in [1.29, 1.82) is 0 Å². The van der Waals surface area contributed by atoms with Crippen molar-refractivity contribution < 1.29 is 10.0 Å². The molecule has 0 aromatic carbocycles. The molecule has 1 atom stereocenters. The van der Waals surface area contributed by atoms with Gasteiger partial charge in [-0.15, -0.1) is 0 Å². The molecule has 1 unspecified atom stereocenters. The van der Waals surface area contributed by atoms with Crippen molar-refractivity contribution in [2.24, 2.45) is 16.8 Å². The maximum atomic E-state index is 12.1. The first-order valence-corrected chi connectivity index (χ1v) is 6.23. The van der Waals surface area contributed by atoms with Crippen LogP contribution in [0.25, 0.3) is 0 Å². The summed E-state index contributed by atoms with van der Waals surface area (Å²) in [7, 11) is 0. The molecular weight excluding hydrogens is 218 g/mol. The number of oxime groups is 1. The Hall–Kier alpha value is -1.26. The van der Waals surface area contributed by atoms with Crippen LogP contribution in [0.1, 0.15) is 47.0 Å². The van der Waals surface area contributed by atoms with Gasteiger partial charge in [0, 0.05) is 12.6 Å². The van der Waals surface area contributed by atoms with E-state index in [-0.39, 0.29) is 17.8 Å². The summed E-state index contributed by atoms with van der Waals surface area (Å²) in [6, 6.07) is 0.133. The van der Waals surface area contributed by atoms with Gasteiger partial charge in [-0.1, -0.05) is 24.9 Å². The Morgan fingerprint density at radius 2 is 1.94 bits per heavy atom. The number of nitrogens with zero attached hydrogens (tertiary/aromatic N) is 2. The fraction of sp³-hybridized carbons (Fsp3) is 0.833. The molecule has 1 amide bonds. The van der Waals surface area contributed by atoms with E-state index in [0.29, 0.717) is 0 Å². The van der Waals surface area contributed by atoms with E-state index in [9.17, 15) is 4.79 Å². The van der Waals surface area contributed by atoms with Gasteiger partial charge in [0.1, 0.15) is 0 Å². The van der Waals surface area contributed by atoms with Crippen molar-refractivity contribution in [1.82, 2.24) is 4.90 Å². The third-order valence-electron chi connectivity index (χ3n) is 2.84. The van der Waals surface area contributed by atoms with Crippen molar-refractivity contribution in [3.05, 3.63) is 0 Å². The lowest BCUT2D eigenvalue weighted by Gasteiger charge is -2.29. The summed E-state index contributed by atoms with van der Waals surface area (Å²) < 4.78 is 0. The van der Waals surface area contributed by atoms with E-state index in [1.807, 2.05) is 13.8 Å². The number of carbonyl (C=O) groups is 1. The summed E-state index contributed by atoms with van der Waals surface area (Å²) in [6.45, 7) is 8.46. The first-order valence-electron chi connectivity index (χ1n) is 6.23. The second-order valence-electron chi connectivity index (χ2n) is 4.58. The van der Waals surface area contributed by atoms with Gasteiger partial charge < -0.3 is 15.8 Å².